The van der Waals surface area contributed by atoms with E-state index in [1.54, 1.807) is 13.3 Å². The third-order valence-corrected chi connectivity index (χ3v) is 3.77. The van der Waals surface area contributed by atoms with Crippen LogP contribution in [-0.4, -0.2) is 24.4 Å². The van der Waals surface area contributed by atoms with Crippen LogP contribution in [0.3, 0.4) is 0 Å². The summed E-state index contributed by atoms with van der Waals surface area (Å²) in [7, 11) is 1.66. The Morgan fingerprint density at radius 3 is 2.84 bits per heavy atom. The fourth-order valence-corrected chi connectivity index (χ4v) is 2.78. The predicted molar refractivity (Wildman–Crippen MR) is 72.7 cm³/mol. The molecule has 2 aliphatic heterocycles. The number of fused-ring (bicyclic) bond motifs is 1. The van der Waals surface area contributed by atoms with Crippen molar-refractivity contribution in [3.63, 3.8) is 0 Å². The summed E-state index contributed by atoms with van der Waals surface area (Å²) in [6.07, 6.45) is 6.58. The average molecular weight is 253 g/mol. The third-order valence-electron chi connectivity index (χ3n) is 3.77. The molecule has 0 bridgehead atoms. The van der Waals surface area contributed by atoms with Gasteiger partial charge in [0, 0.05) is 6.21 Å². The lowest BCUT2D eigenvalue weighted by Crippen LogP contribution is -2.29. The molecule has 0 aliphatic carbocycles. The number of rotatable bonds is 2. The molecule has 96 valence electrons. The van der Waals surface area contributed by atoms with Gasteiger partial charge in [0.25, 0.3) is 0 Å². The minimum Gasteiger partial charge on any atom is -0.497 e. The summed E-state index contributed by atoms with van der Waals surface area (Å²) in [6.45, 7) is 0. The standard InChI is InChI=1S/C15H15N3O/c1-19-13-6-4-11(5-7-13)15-9-12(10-16)14-3-2-8-17-18(14)15/h2-8,12,14-15H,9H2,1H3. The number of hydrogen-bond acceptors (Lipinski definition) is 4. The molecule has 2 heterocycles. The minimum atomic E-state index is 0.000742. The van der Waals surface area contributed by atoms with Crippen molar-refractivity contribution >= 4 is 6.21 Å². The second-order valence-electron chi connectivity index (χ2n) is 4.78. The van der Waals surface area contributed by atoms with E-state index in [2.05, 4.69) is 17.2 Å². The Kier molecular flexibility index (Phi) is 2.96. The summed E-state index contributed by atoms with van der Waals surface area (Å²) in [5.74, 6) is 0.845. The summed E-state index contributed by atoms with van der Waals surface area (Å²) >= 11 is 0. The highest BCUT2D eigenvalue weighted by Crippen LogP contribution is 2.41. The number of benzene rings is 1. The number of hydrazone groups is 1. The SMILES string of the molecule is COc1ccc(C2CC(C#N)C3C=CC=NN23)cc1. The molecule has 4 nitrogen and oxygen atoms in total. The maximum atomic E-state index is 9.27. The molecule has 3 rings (SSSR count). The van der Waals surface area contributed by atoms with Crippen LogP contribution in [0.1, 0.15) is 18.0 Å². The average Bonchev–Trinajstić information content (AvgIpc) is 2.86. The summed E-state index contributed by atoms with van der Waals surface area (Å²) in [6, 6.07) is 10.7. The van der Waals surface area contributed by atoms with Gasteiger partial charge in [0.1, 0.15) is 5.75 Å². The number of ether oxygens (including phenoxy) is 1. The van der Waals surface area contributed by atoms with E-state index >= 15 is 0 Å². The van der Waals surface area contributed by atoms with Crippen molar-refractivity contribution in [1.82, 2.24) is 5.01 Å². The summed E-state index contributed by atoms with van der Waals surface area (Å²) in [5.41, 5.74) is 1.18. The first-order valence-corrected chi connectivity index (χ1v) is 6.36. The van der Waals surface area contributed by atoms with Crippen molar-refractivity contribution < 1.29 is 4.74 Å². The van der Waals surface area contributed by atoms with Gasteiger partial charge in [-0.15, -0.1) is 0 Å². The zero-order chi connectivity index (χ0) is 13.2. The predicted octanol–water partition coefficient (Wildman–Crippen LogP) is 2.51. The maximum Gasteiger partial charge on any atom is 0.118 e. The van der Waals surface area contributed by atoms with E-state index in [0.717, 1.165) is 12.2 Å². The van der Waals surface area contributed by atoms with Crippen molar-refractivity contribution in [1.29, 1.82) is 5.26 Å². The molecule has 0 amide bonds. The van der Waals surface area contributed by atoms with E-state index in [9.17, 15) is 5.26 Å². The van der Waals surface area contributed by atoms with E-state index in [1.165, 1.54) is 5.56 Å². The van der Waals surface area contributed by atoms with Gasteiger partial charge in [0.05, 0.1) is 31.2 Å². The lowest BCUT2D eigenvalue weighted by atomic mass is 9.97. The summed E-state index contributed by atoms with van der Waals surface area (Å²) < 4.78 is 5.17. The molecule has 1 fully saturated rings. The Bertz CT molecular complexity index is 556. The molecule has 3 unspecified atom stereocenters. The van der Waals surface area contributed by atoms with Gasteiger partial charge in [-0.3, -0.25) is 5.01 Å². The summed E-state index contributed by atoms with van der Waals surface area (Å²) in [4.78, 5) is 0. The van der Waals surface area contributed by atoms with Crippen molar-refractivity contribution in [3.05, 3.63) is 42.0 Å². The Morgan fingerprint density at radius 2 is 2.16 bits per heavy atom. The number of allylic oxidation sites excluding steroid dienone is 1. The number of nitriles is 1. The molecule has 1 saturated heterocycles. The zero-order valence-electron chi connectivity index (χ0n) is 10.7. The molecule has 0 saturated carbocycles. The summed E-state index contributed by atoms with van der Waals surface area (Å²) in [5, 5.41) is 15.7. The van der Waals surface area contributed by atoms with E-state index in [-0.39, 0.29) is 18.0 Å². The van der Waals surface area contributed by atoms with E-state index in [4.69, 9.17) is 4.74 Å². The normalized spacial score (nSPS) is 28.0. The highest BCUT2D eigenvalue weighted by Gasteiger charge is 2.40. The topological polar surface area (TPSA) is 48.6 Å². The van der Waals surface area contributed by atoms with Crippen molar-refractivity contribution in [2.45, 2.75) is 18.5 Å². The van der Waals surface area contributed by atoms with Gasteiger partial charge >= 0.3 is 0 Å². The maximum absolute atomic E-state index is 9.27. The molecule has 19 heavy (non-hydrogen) atoms. The van der Waals surface area contributed by atoms with Crippen LogP contribution in [-0.2, 0) is 0 Å². The van der Waals surface area contributed by atoms with Gasteiger partial charge in [-0.1, -0.05) is 18.2 Å². The molecule has 1 aromatic carbocycles. The van der Waals surface area contributed by atoms with Crippen LogP contribution < -0.4 is 4.74 Å². The monoisotopic (exact) mass is 253 g/mol. The highest BCUT2D eigenvalue weighted by atomic mass is 16.5. The largest absolute Gasteiger partial charge is 0.497 e. The third kappa shape index (κ3) is 1.97. The van der Waals surface area contributed by atoms with Gasteiger partial charge in [0.2, 0.25) is 0 Å². The molecular weight excluding hydrogens is 238 g/mol. The fourth-order valence-electron chi connectivity index (χ4n) is 2.78. The number of hydrogen-bond donors (Lipinski definition) is 0. The van der Waals surface area contributed by atoms with Gasteiger partial charge in [-0.05, 0) is 30.2 Å². The van der Waals surface area contributed by atoms with Gasteiger partial charge in [0.15, 0.2) is 0 Å². The smallest absolute Gasteiger partial charge is 0.118 e. The molecular formula is C15H15N3O. The van der Waals surface area contributed by atoms with Crippen LogP contribution in [0.2, 0.25) is 0 Å². The highest BCUT2D eigenvalue weighted by molar-refractivity contribution is 5.72. The lowest BCUT2D eigenvalue weighted by molar-refractivity contribution is 0.225. The van der Waals surface area contributed by atoms with Crippen LogP contribution in [0.15, 0.2) is 41.5 Å². The minimum absolute atomic E-state index is 0.000742. The second-order valence-corrected chi connectivity index (χ2v) is 4.78. The first kappa shape index (κ1) is 11.8. The lowest BCUT2D eigenvalue weighted by Gasteiger charge is -2.27. The van der Waals surface area contributed by atoms with Crippen LogP contribution in [0.25, 0.3) is 0 Å². The molecule has 0 aromatic heterocycles. The fraction of sp³-hybridized carbons (Fsp3) is 0.333. The van der Waals surface area contributed by atoms with Crippen molar-refractivity contribution in [2.24, 2.45) is 11.0 Å². The molecule has 0 spiro atoms. The first-order valence-electron chi connectivity index (χ1n) is 6.36. The zero-order valence-corrected chi connectivity index (χ0v) is 10.7. The Morgan fingerprint density at radius 1 is 1.37 bits per heavy atom. The van der Waals surface area contributed by atoms with Crippen molar-refractivity contribution in [2.75, 3.05) is 7.11 Å². The molecule has 0 N–H and O–H groups in total. The van der Waals surface area contributed by atoms with Crippen LogP contribution in [0, 0.1) is 17.2 Å². The van der Waals surface area contributed by atoms with E-state index < -0.39 is 0 Å². The van der Waals surface area contributed by atoms with Gasteiger partial charge < -0.3 is 4.74 Å². The van der Waals surface area contributed by atoms with E-state index in [1.807, 2.05) is 35.4 Å². The van der Waals surface area contributed by atoms with Gasteiger partial charge in [-0.25, -0.2) is 0 Å². The van der Waals surface area contributed by atoms with Crippen LogP contribution in [0.5, 0.6) is 5.75 Å². The molecule has 1 aromatic rings. The number of methoxy groups -OCH3 is 1. The molecule has 2 aliphatic rings. The van der Waals surface area contributed by atoms with E-state index in [0.29, 0.717) is 0 Å². The first-order chi connectivity index (χ1) is 9.33. The molecule has 0 radical (unpaired) electrons. The Hall–Kier alpha value is -2.28. The van der Waals surface area contributed by atoms with Crippen molar-refractivity contribution in [3.8, 4) is 11.8 Å². The Labute approximate surface area is 112 Å². The molecule has 3 atom stereocenters. The quantitative estimate of drug-likeness (QED) is 0.813. The molecule has 4 heteroatoms. The van der Waals surface area contributed by atoms with Crippen LogP contribution >= 0.6 is 0 Å². The second kappa shape index (κ2) is 4.77. The Balaban J connectivity index is 1.90. The van der Waals surface area contributed by atoms with Crippen LogP contribution in [0.4, 0.5) is 0 Å². The van der Waals surface area contributed by atoms with Gasteiger partial charge in [-0.2, -0.15) is 10.4 Å². The number of nitrogens with zero attached hydrogens (tertiary/aromatic N) is 3.